The molecule has 4 aromatic rings. The monoisotopic (exact) mass is 477 g/mol. The van der Waals surface area contributed by atoms with Crippen molar-refractivity contribution in [3.63, 3.8) is 0 Å². The van der Waals surface area contributed by atoms with Crippen molar-refractivity contribution in [2.24, 2.45) is 0 Å². The zero-order valence-electron chi connectivity index (χ0n) is 19.9. The highest BCUT2D eigenvalue weighted by molar-refractivity contribution is 5.79. The summed E-state index contributed by atoms with van der Waals surface area (Å²) in [6.07, 6.45) is 2.84. The van der Waals surface area contributed by atoms with E-state index in [-0.39, 0.29) is 23.3 Å². The van der Waals surface area contributed by atoms with Crippen LogP contribution >= 0.6 is 0 Å². The first-order valence-corrected chi connectivity index (χ1v) is 12.4. The summed E-state index contributed by atoms with van der Waals surface area (Å²) in [7, 11) is 0. The van der Waals surface area contributed by atoms with Gasteiger partial charge in [0.25, 0.3) is 5.56 Å². The number of benzene rings is 3. The van der Waals surface area contributed by atoms with Crippen LogP contribution in [0.3, 0.4) is 0 Å². The molecular formula is C30H27N3O3. The second kappa shape index (κ2) is 9.11. The number of para-hydroxylation sites is 1. The average Bonchev–Trinajstić information content (AvgIpc) is 3.73. The number of rotatable bonds is 6. The van der Waals surface area contributed by atoms with Crippen LogP contribution in [0.25, 0.3) is 0 Å². The first-order valence-electron chi connectivity index (χ1n) is 12.4. The van der Waals surface area contributed by atoms with E-state index in [1.807, 2.05) is 72.8 Å². The number of ether oxygens (including phenoxy) is 1. The Bertz CT molecular complexity index is 1440. The Morgan fingerprint density at radius 2 is 1.58 bits per heavy atom. The molecule has 1 aliphatic heterocycles. The maximum Gasteiger partial charge on any atom is 0.256 e. The van der Waals surface area contributed by atoms with Crippen LogP contribution < -0.4 is 10.3 Å². The Morgan fingerprint density at radius 1 is 0.917 bits per heavy atom. The molecule has 0 unspecified atom stereocenters. The minimum absolute atomic E-state index is 0.00352. The topological polar surface area (TPSA) is 75.3 Å². The summed E-state index contributed by atoms with van der Waals surface area (Å²) in [5.74, 6) is 2.26. The number of carbonyl (C=O) groups is 1. The van der Waals surface area contributed by atoms with Crippen molar-refractivity contribution in [3.05, 3.63) is 123 Å². The lowest BCUT2D eigenvalue weighted by Crippen LogP contribution is -2.41. The van der Waals surface area contributed by atoms with E-state index in [1.165, 1.54) is 5.56 Å². The van der Waals surface area contributed by atoms with Crippen molar-refractivity contribution in [2.75, 3.05) is 6.54 Å². The van der Waals surface area contributed by atoms with E-state index in [2.05, 4.69) is 17.1 Å². The van der Waals surface area contributed by atoms with Gasteiger partial charge >= 0.3 is 0 Å². The Kier molecular flexibility index (Phi) is 5.64. The van der Waals surface area contributed by atoms with E-state index in [0.29, 0.717) is 25.1 Å². The molecule has 6 nitrogen and oxygen atoms in total. The van der Waals surface area contributed by atoms with Gasteiger partial charge in [0.15, 0.2) is 0 Å². The van der Waals surface area contributed by atoms with Crippen molar-refractivity contribution in [1.82, 2.24) is 14.9 Å². The summed E-state index contributed by atoms with van der Waals surface area (Å²) >= 11 is 0. The van der Waals surface area contributed by atoms with Gasteiger partial charge in [-0.25, -0.2) is 4.98 Å². The number of carbonyl (C=O) groups excluding carboxylic acids is 1. The highest BCUT2D eigenvalue weighted by Gasteiger charge is 2.48. The third-order valence-electron chi connectivity index (χ3n) is 7.21. The van der Waals surface area contributed by atoms with Gasteiger partial charge in [-0.2, -0.15) is 0 Å². The molecule has 0 radical (unpaired) electrons. The molecule has 6 rings (SSSR count). The zero-order chi connectivity index (χ0) is 24.5. The fourth-order valence-corrected chi connectivity index (χ4v) is 5.00. The van der Waals surface area contributed by atoms with Gasteiger partial charge in [-0.1, -0.05) is 60.7 Å². The molecule has 2 aliphatic rings. The first-order chi connectivity index (χ1) is 17.6. The Labute approximate surface area is 209 Å². The molecule has 1 amide bonds. The highest BCUT2D eigenvalue weighted by atomic mass is 16.5. The number of fused-ring (bicyclic) bond motifs is 1. The van der Waals surface area contributed by atoms with Gasteiger partial charge in [-0.05, 0) is 48.2 Å². The van der Waals surface area contributed by atoms with Crippen molar-refractivity contribution in [1.29, 1.82) is 0 Å². The lowest BCUT2D eigenvalue weighted by Gasteiger charge is -2.28. The normalized spacial score (nSPS) is 15.7. The number of hydrogen-bond acceptors (Lipinski definition) is 4. The smallest absolute Gasteiger partial charge is 0.256 e. The van der Waals surface area contributed by atoms with E-state index >= 15 is 0 Å². The molecular weight excluding hydrogens is 450 g/mol. The maximum absolute atomic E-state index is 13.1. The summed E-state index contributed by atoms with van der Waals surface area (Å²) in [4.78, 5) is 35.8. The summed E-state index contributed by atoms with van der Waals surface area (Å²) in [6, 6.07) is 27.4. The fraction of sp³-hybridized carbons (Fsp3) is 0.233. The molecule has 1 aliphatic carbocycles. The zero-order valence-corrected chi connectivity index (χ0v) is 19.9. The van der Waals surface area contributed by atoms with Crippen molar-refractivity contribution in [3.8, 4) is 11.5 Å². The lowest BCUT2D eigenvalue weighted by molar-refractivity contribution is -0.131. The molecule has 0 spiro atoms. The molecule has 180 valence electrons. The minimum Gasteiger partial charge on any atom is -0.457 e. The molecule has 1 N–H and O–H groups in total. The van der Waals surface area contributed by atoms with E-state index in [4.69, 9.17) is 9.72 Å². The number of hydrogen-bond donors (Lipinski definition) is 1. The summed E-state index contributed by atoms with van der Waals surface area (Å²) in [5, 5.41) is 0. The second-order valence-electron chi connectivity index (χ2n) is 9.59. The average molecular weight is 478 g/mol. The van der Waals surface area contributed by atoms with Crippen molar-refractivity contribution >= 4 is 5.91 Å². The predicted molar refractivity (Wildman–Crippen MR) is 137 cm³/mol. The molecule has 36 heavy (non-hydrogen) atoms. The van der Waals surface area contributed by atoms with Crippen LogP contribution in [0.5, 0.6) is 11.5 Å². The van der Waals surface area contributed by atoms with Gasteiger partial charge in [0, 0.05) is 13.0 Å². The Hall–Kier alpha value is -4.19. The van der Waals surface area contributed by atoms with E-state index < -0.39 is 0 Å². The van der Waals surface area contributed by atoms with Crippen LogP contribution in [0, 0.1) is 0 Å². The van der Waals surface area contributed by atoms with Crippen LogP contribution in [0.2, 0.25) is 0 Å². The van der Waals surface area contributed by atoms with Crippen molar-refractivity contribution in [2.45, 2.75) is 37.6 Å². The molecule has 0 bridgehead atoms. The molecule has 2 heterocycles. The van der Waals surface area contributed by atoms with Gasteiger partial charge in [0.1, 0.15) is 17.3 Å². The second-order valence-corrected chi connectivity index (χ2v) is 9.59. The van der Waals surface area contributed by atoms with E-state index in [9.17, 15) is 9.59 Å². The highest BCUT2D eigenvalue weighted by Crippen LogP contribution is 2.51. The number of aromatic amines is 1. The number of nitrogens with zero attached hydrogens (tertiary/aromatic N) is 2. The number of H-pyrrole nitrogens is 1. The largest absolute Gasteiger partial charge is 0.457 e. The molecule has 1 saturated carbocycles. The van der Waals surface area contributed by atoms with E-state index in [0.717, 1.165) is 41.4 Å². The van der Waals surface area contributed by atoms with Crippen molar-refractivity contribution < 1.29 is 9.53 Å². The van der Waals surface area contributed by atoms with Gasteiger partial charge in [0.05, 0.1) is 29.6 Å². The Balaban J connectivity index is 1.14. The summed E-state index contributed by atoms with van der Waals surface area (Å²) in [5.41, 5.74) is 3.22. The van der Waals surface area contributed by atoms with Crippen LogP contribution in [-0.2, 0) is 29.6 Å². The number of amides is 1. The van der Waals surface area contributed by atoms with Crippen LogP contribution in [0.1, 0.15) is 41.1 Å². The van der Waals surface area contributed by atoms with Crippen LogP contribution in [0.15, 0.2) is 89.7 Å². The predicted octanol–water partition coefficient (Wildman–Crippen LogP) is 4.77. The molecule has 6 heteroatoms. The quantitative estimate of drug-likeness (QED) is 0.434. The SMILES string of the molecule is O=C(Cc1ccc(Oc2ccccc2)cc1)N1CCc2nc(C3(c4ccccc4)CC3)[nH]c(=O)c2C1. The number of nitrogens with one attached hydrogen (secondary N) is 1. The third-order valence-corrected chi connectivity index (χ3v) is 7.21. The number of aromatic nitrogens is 2. The molecule has 1 fully saturated rings. The van der Waals surface area contributed by atoms with Gasteiger partial charge in [-0.15, -0.1) is 0 Å². The molecule has 0 saturated heterocycles. The first kappa shape index (κ1) is 22.3. The summed E-state index contributed by atoms with van der Waals surface area (Å²) < 4.78 is 5.83. The molecule has 1 aromatic heterocycles. The van der Waals surface area contributed by atoms with Gasteiger partial charge < -0.3 is 14.6 Å². The lowest BCUT2D eigenvalue weighted by atomic mass is 9.94. The fourth-order valence-electron chi connectivity index (χ4n) is 5.00. The van der Waals surface area contributed by atoms with E-state index in [1.54, 1.807) is 4.90 Å². The van der Waals surface area contributed by atoms with Gasteiger partial charge in [0.2, 0.25) is 5.91 Å². The maximum atomic E-state index is 13.1. The Morgan fingerprint density at radius 3 is 2.28 bits per heavy atom. The molecule has 3 aromatic carbocycles. The minimum atomic E-state index is -0.182. The van der Waals surface area contributed by atoms with Crippen LogP contribution in [0.4, 0.5) is 0 Å². The summed E-state index contributed by atoms with van der Waals surface area (Å²) in [6.45, 7) is 0.861. The standard InChI is InChI=1S/C30H27N3O3/c34-27(19-21-11-13-24(14-12-21)36-23-9-5-2-6-10-23)33-18-15-26-25(20-33)28(35)32-29(31-26)30(16-17-30)22-7-3-1-4-8-22/h1-14H,15-20H2,(H,31,32,35). The molecule has 0 atom stereocenters. The van der Waals surface area contributed by atoms with Crippen LogP contribution in [-0.4, -0.2) is 27.3 Å². The third kappa shape index (κ3) is 4.31. The van der Waals surface area contributed by atoms with Gasteiger partial charge in [-0.3, -0.25) is 9.59 Å².